The van der Waals surface area contributed by atoms with Crippen LogP contribution < -0.4 is 0 Å². The van der Waals surface area contributed by atoms with Crippen molar-refractivity contribution in [2.75, 3.05) is 20.6 Å². The van der Waals surface area contributed by atoms with Crippen LogP contribution in [0.4, 0.5) is 0 Å². The largest absolute Gasteiger partial charge is 0.309 e. The number of nitrogens with zero attached hydrogens (tertiary/aromatic N) is 2. The van der Waals surface area contributed by atoms with E-state index in [9.17, 15) is 0 Å². The van der Waals surface area contributed by atoms with Crippen molar-refractivity contribution in [3.05, 3.63) is 64.4 Å². The fourth-order valence-electron chi connectivity index (χ4n) is 2.15. The molecule has 0 fully saturated rings. The van der Waals surface area contributed by atoms with Gasteiger partial charge in [-0.05, 0) is 56.9 Å². The maximum Gasteiger partial charge on any atom is 0.0478 e. The van der Waals surface area contributed by atoms with Crippen LogP contribution in [0.15, 0.2) is 53.1 Å². The molecule has 4 heteroatoms. The molecule has 20 heavy (non-hydrogen) atoms. The van der Waals surface area contributed by atoms with E-state index in [0.717, 1.165) is 23.1 Å². The monoisotopic (exact) mass is 398 g/mol. The van der Waals surface area contributed by atoms with Gasteiger partial charge < -0.3 is 4.90 Å². The molecule has 0 spiro atoms. The molecule has 0 saturated heterocycles. The van der Waals surface area contributed by atoms with Gasteiger partial charge in [0.25, 0.3) is 0 Å². The molecule has 1 aromatic carbocycles. The summed E-state index contributed by atoms with van der Waals surface area (Å²) in [5, 5.41) is 0. The summed E-state index contributed by atoms with van der Waals surface area (Å²) in [6.07, 6.45) is 2.95. The van der Waals surface area contributed by atoms with Gasteiger partial charge in [0.1, 0.15) is 0 Å². The topological polar surface area (TPSA) is 16.1 Å². The van der Waals surface area contributed by atoms with Crippen molar-refractivity contribution in [2.24, 2.45) is 0 Å². The fraction of sp³-hybridized carbons (Fsp3) is 0.312. The predicted molar refractivity (Wildman–Crippen MR) is 93.7 cm³/mol. The molecule has 0 saturated carbocycles. The SMILES string of the molecule is Br.CN(C)CCC(c1ccc(Br)cc1)c1ccccn1. The first-order valence-corrected chi connectivity index (χ1v) is 7.27. The summed E-state index contributed by atoms with van der Waals surface area (Å²) in [6, 6.07) is 14.7. The first kappa shape index (κ1) is 17.3. The zero-order valence-corrected chi connectivity index (χ0v) is 15.1. The second-order valence-electron chi connectivity index (χ2n) is 4.95. The highest BCUT2D eigenvalue weighted by Crippen LogP contribution is 2.27. The number of aromatic nitrogens is 1. The Bertz CT molecular complexity index is 498. The molecule has 1 atom stereocenters. The van der Waals surface area contributed by atoms with Gasteiger partial charge in [-0.15, -0.1) is 17.0 Å². The number of rotatable bonds is 5. The second-order valence-corrected chi connectivity index (χ2v) is 5.87. The van der Waals surface area contributed by atoms with Gasteiger partial charge in [0.15, 0.2) is 0 Å². The van der Waals surface area contributed by atoms with E-state index < -0.39 is 0 Å². The standard InChI is InChI=1S/C16H19BrN2.BrH/c1-19(2)12-10-15(16-5-3-4-11-18-16)13-6-8-14(17)9-7-13;/h3-9,11,15H,10,12H2,1-2H3;1H. The Kier molecular flexibility index (Phi) is 7.41. The summed E-state index contributed by atoms with van der Waals surface area (Å²) >= 11 is 3.49. The third kappa shape index (κ3) is 5.00. The molecule has 2 aromatic rings. The number of halogens is 2. The summed E-state index contributed by atoms with van der Waals surface area (Å²) in [6.45, 7) is 1.05. The molecule has 2 nitrogen and oxygen atoms in total. The van der Waals surface area contributed by atoms with Crippen LogP contribution in [0.1, 0.15) is 23.6 Å². The molecule has 0 aliphatic carbocycles. The van der Waals surface area contributed by atoms with Crippen molar-refractivity contribution >= 4 is 32.9 Å². The van der Waals surface area contributed by atoms with Crippen molar-refractivity contribution in [1.82, 2.24) is 9.88 Å². The summed E-state index contributed by atoms with van der Waals surface area (Å²) in [4.78, 5) is 6.74. The highest BCUT2D eigenvalue weighted by atomic mass is 79.9. The third-order valence-electron chi connectivity index (χ3n) is 3.18. The highest BCUT2D eigenvalue weighted by molar-refractivity contribution is 9.10. The van der Waals surface area contributed by atoms with Gasteiger partial charge in [0.2, 0.25) is 0 Å². The van der Waals surface area contributed by atoms with E-state index in [2.05, 4.69) is 76.3 Å². The molecule has 0 amide bonds. The average Bonchev–Trinajstić information content (AvgIpc) is 2.42. The highest BCUT2D eigenvalue weighted by Gasteiger charge is 2.15. The van der Waals surface area contributed by atoms with Crippen molar-refractivity contribution in [3.8, 4) is 0 Å². The molecular weight excluding hydrogens is 380 g/mol. The van der Waals surface area contributed by atoms with Gasteiger partial charge in [0, 0.05) is 22.3 Å². The molecule has 0 N–H and O–H groups in total. The van der Waals surface area contributed by atoms with Crippen molar-refractivity contribution in [3.63, 3.8) is 0 Å². The van der Waals surface area contributed by atoms with Crippen LogP contribution in [0.2, 0.25) is 0 Å². The fourth-order valence-corrected chi connectivity index (χ4v) is 2.41. The van der Waals surface area contributed by atoms with E-state index >= 15 is 0 Å². The van der Waals surface area contributed by atoms with E-state index in [0.29, 0.717) is 5.92 Å². The van der Waals surface area contributed by atoms with E-state index in [-0.39, 0.29) is 17.0 Å². The molecule has 1 aromatic heterocycles. The summed E-state index contributed by atoms with van der Waals surface area (Å²) in [5.74, 6) is 0.358. The van der Waals surface area contributed by atoms with E-state index in [4.69, 9.17) is 0 Å². The van der Waals surface area contributed by atoms with Gasteiger partial charge in [-0.25, -0.2) is 0 Å². The smallest absolute Gasteiger partial charge is 0.0478 e. The molecule has 1 unspecified atom stereocenters. The first-order valence-electron chi connectivity index (χ1n) is 6.48. The Balaban J connectivity index is 0.00000200. The summed E-state index contributed by atoms with van der Waals surface area (Å²) in [7, 11) is 4.22. The Labute approximate surface area is 140 Å². The van der Waals surface area contributed by atoms with Gasteiger partial charge in [-0.2, -0.15) is 0 Å². The van der Waals surface area contributed by atoms with Crippen LogP contribution in [0.3, 0.4) is 0 Å². The summed E-state index contributed by atoms with van der Waals surface area (Å²) in [5.41, 5.74) is 2.47. The lowest BCUT2D eigenvalue weighted by Gasteiger charge is -2.19. The number of benzene rings is 1. The maximum atomic E-state index is 4.53. The summed E-state index contributed by atoms with van der Waals surface area (Å²) < 4.78 is 1.11. The second kappa shape index (κ2) is 8.55. The minimum absolute atomic E-state index is 0. The molecule has 1 heterocycles. The minimum Gasteiger partial charge on any atom is -0.309 e. The third-order valence-corrected chi connectivity index (χ3v) is 3.71. The lowest BCUT2D eigenvalue weighted by molar-refractivity contribution is 0.389. The average molecular weight is 400 g/mol. The number of pyridine rings is 1. The predicted octanol–water partition coefficient (Wildman–Crippen LogP) is 4.51. The molecule has 2 rings (SSSR count). The molecular formula is C16H20Br2N2. The Morgan fingerprint density at radius 2 is 1.80 bits per heavy atom. The number of hydrogen-bond donors (Lipinski definition) is 0. The van der Waals surface area contributed by atoms with Gasteiger partial charge >= 0.3 is 0 Å². The van der Waals surface area contributed by atoms with Crippen molar-refractivity contribution < 1.29 is 0 Å². The zero-order chi connectivity index (χ0) is 13.7. The van der Waals surface area contributed by atoms with Crippen LogP contribution in [0.5, 0.6) is 0 Å². The molecule has 0 bridgehead atoms. The van der Waals surface area contributed by atoms with Gasteiger partial charge in [0.05, 0.1) is 0 Å². The van der Waals surface area contributed by atoms with Crippen LogP contribution in [-0.4, -0.2) is 30.5 Å². The lowest BCUT2D eigenvalue weighted by atomic mass is 9.92. The minimum atomic E-state index is 0. The number of hydrogen-bond acceptors (Lipinski definition) is 2. The van der Waals surface area contributed by atoms with Crippen LogP contribution in [-0.2, 0) is 0 Å². The zero-order valence-electron chi connectivity index (χ0n) is 11.8. The first-order chi connectivity index (χ1) is 9.16. The lowest BCUT2D eigenvalue weighted by Crippen LogP contribution is -2.17. The Morgan fingerprint density at radius 3 is 2.35 bits per heavy atom. The molecule has 0 aliphatic heterocycles. The Morgan fingerprint density at radius 1 is 1.10 bits per heavy atom. The molecule has 108 valence electrons. The normalized spacial score (nSPS) is 12.0. The van der Waals surface area contributed by atoms with Crippen molar-refractivity contribution in [2.45, 2.75) is 12.3 Å². The van der Waals surface area contributed by atoms with Crippen molar-refractivity contribution in [1.29, 1.82) is 0 Å². The van der Waals surface area contributed by atoms with Crippen LogP contribution in [0, 0.1) is 0 Å². The van der Waals surface area contributed by atoms with Gasteiger partial charge in [-0.1, -0.05) is 34.1 Å². The van der Waals surface area contributed by atoms with Gasteiger partial charge in [-0.3, -0.25) is 4.98 Å². The Hall–Kier alpha value is -0.710. The van der Waals surface area contributed by atoms with E-state index in [1.165, 1.54) is 5.56 Å². The van der Waals surface area contributed by atoms with Crippen LogP contribution in [0.25, 0.3) is 0 Å². The molecule has 0 aliphatic rings. The maximum absolute atomic E-state index is 4.53. The quantitative estimate of drug-likeness (QED) is 0.735. The van der Waals surface area contributed by atoms with E-state index in [1.54, 1.807) is 0 Å². The van der Waals surface area contributed by atoms with Crippen LogP contribution >= 0.6 is 32.9 Å². The van der Waals surface area contributed by atoms with E-state index in [1.807, 2.05) is 12.3 Å². The molecule has 0 radical (unpaired) electrons.